The van der Waals surface area contributed by atoms with Gasteiger partial charge in [0, 0.05) is 31.4 Å². The fourth-order valence-electron chi connectivity index (χ4n) is 2.38. The van der Waals surface area contributed by atoms with Crippen molar-refractivity contribution >= 4 is 10.0 Å². The van der Waals surface area contributed by atoms with Crippen LogP contribution >= 0.6 is 0 Å². The average molecular weight is 305 g/mol. The molecule has 0 unspecified atom stereocenters. The summed E-state index contributed by atoms with van der Waals surface area (Å²) in [5.74, 6) is 1.67. The zero-order valence-corrected chi connectivity index (χ0v) is 12.6. The van der Waals surface area contributed by atoms with Gasteiger partial charge in [0.15, 0.2) is 0 Å². The molecule has 21 heavy (non-hydrogen) atoms. The third kappa shape index (κ3) is 3.92. The molecule has 6 heteroatoms. The van der Waals surface area contributed by atoms with Gasteiger partial charge in [-0.2, -0.15) is 0 Å². The van der Waals surface area contributed by atoms with Gasteiger partial charge >= 0.3 is 0 Å². The normalized spacial score (nSPS) is 15.2. The first-order valence-corrected chi connectivity index (χ1v) is 8.81. The number of nitrogens with one attached hydrogen (secondary N) is 1. The molecule has 0 radical (unpaired) electrons. The van der Waals surface area contributed by atoms with Crippen LogP contribution in [-0.4, -0.2) is 24.5 Å². The van der Waals surface area contributed by atoms with E-state index in [0.29, 0.717) is 19.0 Å². The molecule has 0 amide bonds. The standard InChI is InChI=1S/C15H19N3O2S/c19-21(20,12-13-4-2-1-3-5-13)17-9-11-18-10-8-16-15(18)14-6-7-14/h1-5,8,10,14,17H,6-7,9,11-12H2. The zero-order chi connectivity index (χ0) is 14.7. The van der Waals surface area contributed by atoms with Crippen LogP contribution in [0.4, 0.5) is 0 Å². The van der Waals surface area contributed by atoms with Gasteiger partial charge in [0.2, 0.25) is 10.0 Å². The Morgan fingerprint density at radius 1 is 1.24 bits per heavy atom. The van der Waals surface area contributed by atoms with Crippen molar-refractivity contribution in [3.8, 4) is 0 Å². The maximum absolute atomic E-state index is 12.0. The van der Waals surface area contributed by atoms with Crippen molar-refractivity contribution in [2.24, 2.45) is 0 Å². The molecule has 1 heterocycles. The average Bonchev–Trinajstić information content (AvgIpc) is 3.19. The number of sulfonamides is 1. The van der Waals surface area contributed by atoms with Gasteiger partial charge in [-0.05, 0) is 18.4 Å². The Morgan fingerprint density at radius 3 is 2.71 bits per heavy atom. The summed E-state index contributed by atoms with van der Waals surface area (Å²) >= 11 is 0. The molecular weight excluding hydrogens is 286 g/mol. The molecule has 1 N–H and O–H groups in total. The van der Waals surface area contributed by atoms with E-state index in [2.05, 4.69) is 9.71 Å². The van der Waals surface area contributed by atoms with Crippen LogP contribution in [0, 0.1) is 0 Å². The van der Waals surface area contributed by atoms with E-state index in [0.717, 1.165) is 11.4 Å². The molecular formula is C15H19N3O2S. The Labute approximate surface area is 125 Å². The van der Waals surface area contributed by atoms with Crippen LogP contribution in [0.2, 0.25) is 0 Å². The quantitative estimate of drug-likeness (QED) is 0.849. The van der Waals surface area contributed by atoms with E-state index in [1.54, 1.807) is 6.20 Å². The second-order valence-electron chi connectivity index (χ2n) is 5.39. The summed E-state index contributed by atoms with van der Waals surface area (Å²) in [6, 6.07) is 9.21. The van der Waals surface area contributed by atoms with Crippen LogP contribution in [0.1, 0.15) is 30.1 Å². The largest absolute Gasteiger partial charge is 0.333 e. The highest BCUT2D eigenvalue weighted by Crippen LogP contribution is 2.38. The predicted octanol–water partition coefficient (Wildman–Crippen LogP) is 1.88. The smallest absolute Gasteiger partial charge is 0.215 e. The van der Waals surface area contributed by atoms with Crippen LogP contribution in [0.5, 0.6) is 0 Å². The van der Waals surface area contributed by atoms with Crippen molar-refractivity contribution in [3.05, 3.63) is 54.1 Å². The summed E-state index contributed by atoms with van der Waals surface area (Å²) < 4.78 is 28.7. The number of aromatic nitrogens is 2. The summed E-state index contributed by atoms with van der Waals surface area (Å²) in [5, 5.41) is 0. The molecule has 5 nitrogen and oxygen atoms in total. The Kier molecular flexibility index (Phi) is 4.07. The second-order valence-corrected chi connectivity index (χ2v) is 7.20. The van der Waals surface area contributed by atoms with E-state index in [9.17, 15) is 8.42 Å². The van der Waals surface area contributed by atoms with E-state index in [4.69, 9.17) is 0 Å². The summed E-state index contributed by atoms with van der Waals surface area (Å²) in [6.45, 7) is 1.02. The van der Waals surface area contributed by atoms with Gasteiger partial charge in [-0.15, -0.1) is 0 Å². The number of nitrogens with zero attached hydrogens (tertiary/aromatic N) is 2. The first-order valence-electron chi connectivity index (χ1n) is 7.16. The molecule has 1 aliphatic carbocycles. The second kappa shape index (κ2) is 5.99. The maximum Gasteiger partial charge on any atom is 0.215 e. The van der Waals surface area contributed by atoms with Crippen LogP contribution in [0.25, 0.3) is 0 Å². The van der Waals surface area contributed by atoms with Crippen LogP contribution in [-0.2, 0) is 22.3 Å². The molecule has 0 aliphatic heterocycles. The Hall–Kier alpha value is -1.66. The van der Waals surface area contributed by atoms with Gasteiger partial charge in [0.05, 0.1) is 5.75 Å². The Balaban J connectivity index is 1.53. The molecule has 112 valence electrons. The number of rotatable bonds is 7. The third-order valence-corrected chi connectivity index (χ3v) is 4.92. The summed E-state index contributed by atoms with van der Waals surface area (Å²) in [4.78, 5) is 4.35. The first-order chi connectivity index (χ1) is 10.1. The minimum Gasteiger partial charge on any atom is -0.333 e. The molecule has 0 bridgehead atoms. The summed E-state index contributed by atoms with van der Waals surface area (Å²) in [5.41, 5.74) is 0.798. The lowest BCUT2D eigenvalue weighted by Gasteiger charge is -2.09. The lowest BCUT2D eigenvalue weighted by molar-refractivity contribution is 0.568. The van der Waals surface area contributed by atoms with Crippen molar-refractivity contribution in [1.82, 2.24) is 14.3 Å². The van der Waals surface area contributed by atoms with Gasteiger partial charge < -0.3 is 4.57 Å². The monoisotopic (exact) mass is 305 g/mol. The maximum atomic E-state index is 12.0. The molecule has 1 aliphatic rings. The van der Waals surface area contributed by atoms with Gasteiger partial charge in [0.1, 0.15) is 5.82 Å². The van der Waals surface area contributed by atoms with Gasteiger partial charge in [-0.1, -0.05) is 30.3 Å². The molecule has 1 saturated carbocycles. The Bertz CT molecular complexity index is 691. The van der Waals surface area contributed by atoms with Crippen molar-refractivity contribution < 1.29 is 8.42 Å². The Morgan fingerprint density at radius 2 is 2.00 bits per heavy atom. The molecule has 1 aromatic carbocycles. The number of imidazole rings is 1. The number of benzene rings is 1. The third-order valence-electron chi connectivity index (χ3n) is 3.56. The molecule has 2 aromatic rings. The van der Waals surface area contributed by atoms with Gasteiger partial charge in [-0.3, -0.25) is 0 Å². The number of hydrogen-bond acceptors (Lipinski definition) is 3. The van der Waals surface area contributed by atoms with E-state index in [-0.39, 0.29) is 5.75 Å². The highest BCUT2D eigenvalue weighted by atomic mass is 32.2. The molecule has 0 saturated heterocycles. The van der Waals surface area contributed by atoms with Crippen LogP contribution < -0.4 is 4.72 Å². The molecule has 3 rings (SSSR count). The predicted molar refractivity (Wildman–Crippen MR) is 81.3 cm³/mol. The van der Waals surface area contributed by atoms with E-state index in [1.165, 1.54) is 12.8 Å². The van der Waals surface area contributed by atoms with E-state index >= 15 is 0 Å². The molecule has 0 atom stereocenters. The van der Waals surface area contributed by atoms with Crippen LogP contribution in [0.15, 0.2) is 42.7 Å². The summed E-state index contributed by atoms with van der Waals surface area (Å²) in [7, 11) is -3.29. The minimum atomic E-state index is -3.29. The van der Waals surface area contributed by atoms with Crippen molar-refractivity contribution in [2.45, 2.75) is 31.1 Å². The van der Waals surface area contributed by atoms with E-state index in [1.807, 2.05) is 41.1 Å². The lowest BCUT2D eigenvalue weighted by Crippen LogP contribution is -2.28. The highest BCUT2D eigenvalue weighted by Gasteiger charge is 2.27. The highest BCUT2D eigenvalue weighted by molar-refractivity contribution is 7.88. The van der Waals surface area contributed by atoms with Crippen molar-refractivity contribution in [3.63, 3.8) is 0 Å². The van der Waals surface area contributed by atoms with E-state index < -0.39 is 10.0 Å². The molecule has 1 fully saturated rings. The first kappa shape index (κ1) is 14.3. The molecule has 0 spiro atoms. The van der Waals surface area contributed by atoms with Gasteiger partial charge in [-0.25, -0.2) is 18.1 Å². The molecule has 1 aromatic heterocycles. The SMILES string of the molecule is O=S(=O)(Cc1ccccc1)NCCn1ccnc1C1CC1. The minimum absolute atomic E-state index is 0.0211. The van der Waals surface area contributed by atoms with Gasteiger partial charge in [0.25, 0.3) is 0 Å². The lowest BCUT2D eigenvalue weighted by atomic mass is 10.2. The van der Waals surface area contributed by atoms with Crippen LogP contribution in [0.3, 0.4) is 0 Å². The number of hydrogen-bond donors (Lipinski definition) is 1. The fourth-order valence-corrected chi connectivity index (χ4v) is 3.51. The zero-order valence-electron chi connectivity index (χ0n) is 11.8. The van der Waals surface area contributed by atoms with Crippen molar-refractivity contribution in [1.29, 1.82) is 0 Å². The fraction of sp³-hybridized carbons (Fsp3) is 0.400. The summed E-state index contributed by atoms with van der Waals surface area (Å²) in [6.07, 6.45) is 6.08. The van der Waals surface area contributed by atoms with Crippen molar-refractivity contribution in [2.75, 3.05) is 6.54 Å². The topological polar surface area (TPSA) is 64.0 Å².